The highest BCUT2D eigenvalue weighted by atomic mass is 19.1. The molecule has 2 rings (SSSR count). The van der Waals surface area contributed by atoms with Gasteiger partial charge in [-0.1, -0.05) is 12.1 Å². The summed E-state index contributed by atoms with van der Waals surface area (Å²) in [6, 6.07) is 9.23. The zero-order valence-corrected chi connectivity index (χ0v) is 10.8. The maximum absolute atomic E-state index is 13.8. The van der Waals surface area contributed by atoms with E-state index in [1.807, 2.05) is 7.05 Å². The first kappa shape index (κ1) is 13.5. The van der Waals surface area contributed by atoms with Gasteiger partial charge in [-0.15, -0.1) is 0 Å². The van der Waals surface area contributed by atoms with Gasteiger partial charge in [0.25, 0.3) is 0 Å². The molecule has 0 spiro atoms. The van der Waals surface area contributed by atoms with Crippen molar-refractivity contribution in [3.05, 3.63) is 53.6 Å². The van der Waals surface area contributed by atoms with Crippen molar-refractivity contribution in [2.75, 3.05) is 14.2 Å². The average molecular weight is 263 g/mol. The smallest absolute Gasteiger partial charge is 0.165 e. The molecule has 0 radical (unpaired) electrons. The number of benzene rings is 2. The highest BCUT2D eigenvalue weighted by Gasteiger charge is 2.09. The van der Waals surface area contributed by atoms with E-state index in [4.69, 9.17) is 4.74 Å². The standard InChI is InChI=1S/C15H15F2NO/c1-18-9-10-3-5-13(16)12(7-10)11-4-6-15(19-2)14(17)8-11/h3-8,18H,9H2,1-2H3. The SMILES string of the molecule is CNCc1ccc(F)c(-c2ccc(OC)c(F)c2)c1. The Morgan fingerprint density at radius 3 is 2.47 bits per heavy atom. The predicted octanol–water partition coefficient (Wildman–Crippen LogP) is 3.36. The summed E-state index contributed by atoms with van der Waals surface area (Å²) in [6.07, 6.45) is 0. The molecular formula is C15H15F2NO. The molecule has 0 fully saturated rings. The molecule has 0 aliphatic rings. The van der Waals surface area contributed by atoms with Crippen molar-refractivity contribution < 1.29 is 13.5 Å². The lowest BCUT2D eigenvalue weighted by Gasteiger charge is -2.09. The van der Waals surface area contributed by atoms with Gasteiger partial charge in [-0.3, -0.25) is 0 Å². The maximum Gasteiger partial charge on any atom is 0.165 e. The zero-order chi connectivity index (χ0) is 13.8. The molecule has 0 heterocycles. The van der Waals surface area contributed by atoms with E-state index in [-0.39, 0.29) is 11.6 Å². The topological polar surface area (TPSA) is 21.3 Å². The minimum absolute atomic E-state index is 0.149. The van der Waals surface area contributed by atoms with Crippen LogP contribution in [0.2, 0.25) is 0 Å². The van der Waals surface area contributed by atoms with Crippen LogP contribution in [0.1, 0.15) is 5.56 Å². The van der Waals surface area contributed by atoms with Crippen LogP contribution in [0.15, 0.2) is 36.4 Å². The normalized spacial score (nSPS) is 10.5. The monoisotopic (exact) mass is 263 g/mol. The molecule has 0 bridgehead atoms. The van der Waals surface area contributed by atoms with Gasteiger partial charge in [-0.05, 0) is 42.4 Å². The van der Waals surface area contributed by atoms with Crippen molar-refractivity contribution >= 4 is 0 Å². The fraction of sp³-hybridized carbons (Fsp3) is 0.200. The lowest BCUT2D eigenvalue weighted by atomic mass is 10.0. The fourth-order valence-corrected chi connectivity index (χ4v) is 1.94. The van der Waals surface area contributed by atoms with E-state index in [0.29, 0.717) is 17.7 Å². The van der Waals surface area contributed by atoms with E-state index in [0.717, 1.165) is 5.56 Å². The van der Waals surface area contributed by atoms with Gasteiger partial charge in [0.15, 0.2) is 11.6 Å². The van der Waals surface area contributed by atoms with E-state index < -0.39 is 5.82 Å². The van der Waals surface area contributed by atoms with E-state index in [2.05, 4.69) is 5.32 Å². The van der Waals surface area contributed by atoms with E-state index in [1.165, 1.54) is 25.3 Å². The second-order valence-corrected chi connectivity index (χ2v) is 4.19. The van der Waals surface area contributed by atoms with Gasteiger partial charge in [0.2, 0.25) is 0 Å². The van der Waals surface area contributed by atoms with Crippen molar-refractivity contribution in [2.24, 2.45) is 0 Å². The van der Waals surface area contributed by atoms with Gasteiger partial charge in [0.1, 0.15) is 5.82 Å². The zero-order valence-electron chi connectivity index (χ0n) is 10.8. The first-order valence-corrected chi connectivity index (χ1v) is 5.92. The summed E-state index contributed by atoms with van der Waals surface area (Å²) in [7, 11) is 3.21. The molecule has 19 heavy (non-hydrogen) atoms. The summed E-state index contributed by atoms with van der Waals surface area (Å²) in [4.78, 5) is 0. The number of rotatable bonds is 4. The molecule has 2 aromatic carbocycles. The third kappa shape index (κ3) is 2.90. The van der Waals surface area contributed by atoms with Gasteiger partial charge in [-0.25, -0.2) is 8.78 Å². The van der Waals surface area contributed by atoms with Crippen LogP contribution in [0.3, 0.4) is 0 Å². The van der Waals surface area contributed by atoms with Gasteiger partial charge < -0.3 is 10.1 Å². The molecule has 0 atom stereocenters. The summed E-state index contributed by atoms with van der Waals surface area (Å²) < 4.78 is 32.3. The Morgan fingerprint density at radius 1 is 1.05 bits per heavy atom. The van der Waals surface area contributed by atoms with Gasteiger partial charge in [0.05, 0.1) is 7.11 Å². The molecule has 4 heteroatoms. The van der Waals surface area contributed by atoms with Gasteiger partial charge >= 0.3 is 0 Å². The number of nitrogens with one attached hydrogen (secondary N) is 1. The summed E-state index contributed by atoms with van der Waals surface area (Å²) >= 11 is 0. The van der Waals surface area contributed by atoms with Crippen molar-refractivity contribution in [1.82, 2.24) is 5.32 Å². The van der Waals surface area contributed by atoms with Crippen molar-refractivity contribution in [2.45, 2.75) is 6.54 Å². The molecule has 100 valence electrons. The molecular weight excluding hydrogens is 248 g/mol. The molecule has 0 aliphatic carbocycles. The average Bonchev–Trinajstić information content (AvgIpc) is 2.41. The van der Waals surface area contributed by atoms with Crippen LogP contribution in [0.4, 0.5) is 8.78 Å². The number of halogens is 2. The predicted molar refractivity (Wildman–Crippen MR) is 71.1 cm³/mol. The number of ether oxygens (including phenoxy) is 1. The number of methoxy groups -OCH3 is 1. The Labute approximate surface area is 111 Å². The highest BCUT2D eigenvalue weighted by Crippen LogP contribution is 2.28. The highest BCUT2D eigenvalue weighted by molar-refractivity contribution is 5.66. The van der Waals surface area contributed by atoms with Crippen molar-refractivity contribution in [3.63, 3.8) is 0 Å². The molecule has 0 saturated carbocycles. The van der Waals surface area contributed by atoms with Crippen LogP contribution in [0.5, 0.6) is 5.75 Å². The molecule has 2 nitrogen and oxygen atoms in total. The summed E-state index contributed by atoms with van der Waals surface area (Å²) in [6.45, 7) is 0.631. The Bertz CT molecular complexity index is 584. The Balaban J connectivity index is 2.45. The van der Waals surface area contributed by atoms with Crippen LogP contribution in [0, 0.1) is 11.6 Å². The summed E-state index contributed by atoms with van der Waals surface area (Å²) in [5, 5.41) is 3.00. The molecule has 0 aliphatic heterocycles. The second kappa shape index (κ2) is 5.80. The molecule has 2 aromatic rings. The molecule has 1 N–H and O–H groups in total. The summed E-state index contributed by atoms with van der Waals surface area (Å²) in [5.74, 6) is -0.724. The third-order valence-corrected chi connectivity index (χ3v) is 2.87. The Morgan fingerprint density at radius 2 is 1.84 bits per heavy atom. The van der Waals surface area contributed by atoms with E-state index >= 15 is 0 Å². The lowest BCUT2D eigenvalue weighted by molar-refractivity contribution is 0.386. The largest absolute Gasteiger partial charge is 0.494 e. The minimum Gasteiger partial charge on any atom is -0.494 e. The first-order chi connectivity index (χ1) is 9.15. The number of hydrogen-bond acceptors (Lipinski definition) is 2. The van der Waals surface area contributed by atoms with Crippen LogP contribution in [0.25, 0.3) is 11.1 Å². The lowest BCUT2D eigenvalue weighted by Crippen LogP contribution is -2.05. The quantitative estimate of drug-likeness (QED) is 0.913. The van der Waals surface area contributed by atoms with Crippen molar-refractivity contribution in [3.8, 4) is 16.9 Å². The first-order valence-electron chi connectivity index (χ1n) is 5.92. The van der Waals surface area contributed by atoms with E-state index in [1.54, 1.807) is 18.2 Å². The van der Waals surface area contributed by atoms with Gasteiger partial charge in [-0.2, -0.15) is 0 Å². The van der Waals surface area contributed by atoms with Gasteiger partial charge in [0, 0.05) is 12.1 Å². The van der Waals surface area contributed by atoms with Crippen LogP contribution in [-0.2, 0) is 6.54 Å². The van der Waals surface area contributed by atoms with Crippen LogP contribution < -0.4 is 10.1 Å². The Hall–Kier alpha value is -1.94. The minimum atomic E-state index is -0.501. The third-order valence-electron chi connectivity index (χ3n) is 2.87. The molecule has 0 saturated heterocycles. The maximum atomic E-state index is 13.8. The molecule has 0 amide bonds. The fourth-order valence-electron chi connectivity index (χ4n) is 1.94. The van der Waals surface area contributed by atoms with Crippen LogP contribution >= 0.6 is 0 Å². The summed E-state index contributed by atoms with van der Waals surface area (Å²) in [5.41, 5.74) is 1.82. The van der Waals surface area contributed by atoms with E-state index in [9.17, 15) is 8.78 Å². The molecule has 0 aromatic heterocycles. The number of hydrogen-bond donors (Lipinski definition) is 1. The Kier molecular flexibility index (Phi) is 4.12. The second-order valence-electron chi connectivity index (χ2n) is 4.19. The molecule has 0 unspecified atom stereocenters. The van der Waals surface area contributed by atoms with Crippen molar-refractivity contribution in [1.29, 1.82) is 0 Å². The van der Waals surface area contributed by atoms with Crippen LogP contribution in [-0.4, -0.2) is 14.2 Å².